The van der Waals surface area contributed by atoms with E-state index in [1.807, 2.05) is 0 Å². The molecule has 1 aromatic carbocycles. The maximum Gasteiger partial charge on any atom is 0.316 e. The first-order valence-corrected chi connectivity index (χ1v) is 8.29. The molecule has 0 saturated heterocycles. The quantitative estimate of drug-likeness (QED) is 0.656. The van der Waals surface area contributed by atoms with Gasteiger partial charge in [-0.15, -0.1) is 0 Å². The fourth-order valence-corrected chi connectivity index (χ4v) is 2.70. The molecule has 0 bridgehead atoms. The summed E-state index contributed by atoms with van der Waals surface area (Å²) in [6, 6.07) is 4.84. The molecule has 7 nitrogen and oxygen atoms in total. The minimum atomic E-state index is -0.690. The topological polar surface area (TPSA) is 110 Å². The van der Waals surface area contributed by atoms with E-state index in [1.54, 1.807) is 25.1 Å². The van der Waals surface area contributed by atoms with Gasteiger partial charge in [0.2, 0.25) is 0 Å². The SMILES string of the molecule is CCCCC(CN)NC(=O)c1ccc2c(c1)[nH]c(=O)c(=O)n2CC. The fourth-order valence-electron chi connectivity index (χ4n) is 2.70. The van der Waals surface area contributed by atoms with Crippen LogP contribution in [0.15, 0.2) is 27.8 Å². The summed E-state index contributed by atoms with van der Waals surface area (Å²) >= 11 is 0. The van der Waals surface area contributed by atoms with Crippen LogP contribution in [0.25, 0.3) is 11.0 Å². The number of nitrogens with two attached hydrogens (primary N) is 1. The lowest BCUT2D eigenvalue weighted by molar-refractivity contribution is 0.0936. The molecule has 24 heavy (non-hydrogen) atoms. The van der Waals surface area contributed by atoms with Crippen LogP contribution in [0.2, 0.25) is 0 Å². The second-order valence-electron chi connectivity index (χ2n) is 5.78. The van der Waals surface area contributed by atoms with Gasteiger partial charge in [-0.05, 0) is 31.5 Å². The number of nitrogens with zero attached hydrogens (tertiary/aromatic N) is 1. The van der Waals surface area contributed by atoms with Crippen LogP contribution in [0.4, 0.5) is 0 Å². The number of fused-ring (bicyclic) bond motifs is 1. The van der Waals surface area contributed by atoms with Crippen LogP contribution in [-0.4, -0.2) is 28.0 Å². The van der Waals surface area contributed by atoms with Crippen molar-refractivity contribution in [1.82, 2.24) is 14.9 Å². The molecule has 1 heterocycles. The predicted molar refractivity (Wildman–Crippen MR) is 94.3 cm³/mol. The lowest BCUT2D eigenvalue weighted by atomic mass is 10.1. The molecule has 4 N–H and O–H groups in total. The molecule has 7 heteroatoms. The lowest BCUT2D eigenvalue weighted by Crippen LogP contribution is -2.40. The Morgan fingerprint density at radius 1 is 1.33 bits per heavy atom. The van der Waals surface area contributed by atoms with Crippen LogP contribution in [0.1, 0.15) is 43.5 Å². The Bertz CT molecular complexity index is 838. The van der Waals surface area contributed by atoms with E-state index in [9.17, 15) is 14.4 Å². The van der Waals surface area contributed by atoms with Gasteiger partial charge >= 0.3 is 11.1 Å². The van der Waals surface area contributed by atoms with Crippen molar-refractivity contribution in [3.05, 3.63) is 44.5 Å². The maximum atomic E-state index is 12.4. The highest BCUT2D eigenvalue weighted by atomic mass is 16.2. The van der Waals surface area contributed by atoms with Crippen molar-refractivity contribution in [3.8, 4) is 0 Å². The van der Waals surface area contributed by atoms with Gasteiger partial charge in [0, 0.05) is 24.7 Å². The van der Waals surface area contributed by atoms with Crippen molar-refractivity contribution >= 4 is 16.9 Å². The minimum Gasteiger partial charge on any atom is -0.348 e. The third kappa shape index (κ3) is 3.73. The van der Waals surface area contributed by atoms with Gasteiger partial charge in [-0.1, -0.05) is 19.8 Å². The van der Waals surface area contributed by atoms with Crippen molar-refractivity contribution in [2.45, 2.75) is 45.7 Å². The summed E-state index contributed by atoms with van der Waals surface area (Å²) in [5, 5.41) is 2.91. The zero-order valence-corrected chi connectivity index (χ0v) is 14.1. The first-order valence-electron chi connectivity index (χ1n) is 8.29. The molecule has 0 aliphatic rings. The Balaban J connectivity index is 2.33. The number of benzene rings is 1. The number of H-pyrrole nitrogens is 1. The summed E-state index contributed by atoms with van der Waals surface area (Å²) in [6.07, 6.45) is 2.87. The molecule has 1 unspecified atom stereocenters. The van der Waals surface area contributed by atoms with Crippen molar-refractivity contribution in [2.75, 3.05) is 6.54 Å². The van der Waals surface area contributed by atoms with Crippen LogP contribution in [0.3, 0.4) is 0 Å². The number of hydrogen-bond donors (Lipinski definition) is 3. The summed E-state index contributed by atoms with van der Waals surface area (Å²) in [5.74, 6) is -0.237. The number of aromatic amines is 1. The van der Waals surface area contributed by atoms with Crippen LogP contribution >= 0.6 is 0 Å². The summed E-state index contributed by atoms with van der Waals surface area (Å²) in [5.41, 5.74) is 5.91. The number of aromatic nitrogens is 2. The first kappa shape index (κ1) is 17.9. The zero-order valence-electron chi connectivity index (χ0n) is 14.1. The van der Waals surface area contributed by atoms with Gasteiger partial charge in [0.05, 0.1) is 11.0 Å². The Kier molecular flexibility index (Phi) is 5.92. The van der Waals surface area contributed by atoms with Crippen molar-refractivity contribution < 1.29 is 4.79 Å². The Morgan fingerprint density at radius 2 is 2.08 bits per heavy atom. The number of carbonyl (C=O) groups is 1. The van der Waals surface area contributed by atoms with Crippen LogP contribution in [0.5, 0.6) is 0 Å². The number of rotatable bonds is 7. The van der Waals surface area contributed by atoms with Gasteiger partial charge in [0.1, 0.15) is 0 Å². The van der Waals surface area contributed by atoms with Gasteiger partial charge in [-0.2, -0.15) is 0 Å². The Hall–Kier alpha value is -2.41. The molecule has 0 aliphatic carbocycles. The number of hydrogen-bond acceptors (Lipinski definition) is 4. The number of amides is 1. The molecule has 0 radical (unpaired) electrons. The Morgan fingerprint density at radius 3 is 2.71 bits per heavy atom. The van der Waals surface area contributed by atoms with Crippen molar-refractivity contribution in [3.63, 3.8) is 0 Å². The lowest BCUT2D eigenvalue weighted by Gasteiger charge is -2.16. The zero-order chi connectivity index (χ0) is 17.7. The van der Waals surface area contributed by atoms with Gasteiger partial charge in [-0.3, -0.25) is 14.4 Å². The monoisotopic (exact) mass is 332 g/mol. The van der Waals surface area contributed by atoms with E-state index in [0.29, 0.717) is 29.7 Å². The molecule has 0 aliphatic heterocycles. The van der Waals surface area contributed by atoms with E-state index in [4.69, 9.17) is 5.73 Å². The molecule has 0 saturated carbocycles. The third-order valence-electron chi connectivity index (χ3n) is 4.08. The van der Waals surface area contributed by atoms with Gasteiger partial charge in [-0.25, -0.2) is 0 Å². The molecule has 130 valence electrons. The number of unbranched alkanes of at least 4 members (excludes halogenated alkanes) is 1. The fraction of sp³-hybridized carbons (Fsp3) is 0.471. The minimum absolute atomic E-state index is 0.0724. The average Bonchev–Trinajstić information content (AvgIpc) is 2.59. The molecule has 1 aromatic heterocycles. The second kappa shape index (κ2) is 7.92. The third-order valence-corrected chi connectivity index (χ3v) is 4.08. The van der Waals surface area contributed by atoms with Crippen molar-refractivity contribution in [1.29, 1.82) is 0 Å². The Labute approximate surface area is 139 Å². The summed E-state index contributed by atoms with van der Waals surface area (Å²) in [7, 11) is 0. The summed E-state index contributed by atoms with van der Waals surface area (Å²) in [6.45, 7) is 4.64. The molecule has 0 fully saturated rings. The standard InChI is InChI=1S/C17H24N4O3/c1-3-5-6-12(10-18)19-15(22)11-7-8-14-13(9-11)20-16(23)17(24)21(14)4-2/h7-9,12H,3-6,10,18H2,1-2H3,(H,19,22)(H,20,23). The second-order valence-corrected chi connectivity index (χ2v) is 5.78. The van der Waals surface area contributed by atoms with Crippen LogP contribution in [-0.2, 0) is 6.54 Å². The molecule has 2 rings (SSSR count). The van der Waals surface area contributed by atoms with Gasteiger partial charge in [0.25, 0.3) is 5.91 Å². The summed E-state index contributed by atoms with van der Waals surface area (Å²) in [4.78, 5) is 38.5. The first-order chi connectivity index (χ1) is 11.5. The van der Waals surface area contributed by atoms with Crippen LogP contribution < -0.4 is 22.2 Å². The van der Waals surface area contributed by atoms with Gasteiger partial charge < -0.3 is 20.6 Å². The molecular formula is C17H24N4O3. The molecular weight excluding hydrogens is 308 g/mol. The molecule has 2 aromatic rings. The van der Waals surface area contributed by atoms with E-state index in [1.165, 1.54) is 4.57 Å². The van der Waals surface area contributed by atoms with E-state index < -0.39 is 11.1 Å². The van der Waals surface area contributed by atoms with Crippen LogP contribution in [0, 0.1) is 0 Å². The van der Waals surface area contributed by atoms with E-state index in [2.05, 4.69) is 17.2 Å². The predicted octanol–water partition coefficient (Wildman–Crippen LogP) is 0.957. The maximum absolute atomic E-state index is 12.4. The van der Waals surface area contributed by atoms with E-state index in [-0.39, 0.29) is 11.9 Å². The molecule has 0 spiro atoms. The number of aryl methyl sites for hydroxylation is 1. The number of nitrogens with one attached hydrogen (secondary N) is 2. The van der Waals surface area contributed by atoms with Crippen molar-refractivity contribution in [2.24, 2.45) is 5.73 Å². The largest absolute Gasteiger partial charge is 0.348 e. The molecule has 1 amide bonds. The highest BCUT2D eigenvalue weighted by Crippen LogP contribution is 2.12. The van der Waals surface area contributed by atoms with Gasteiger partial charge in [0.15, 0.2) is 0 Å². The molecule has 1 atom stereocenters. The van der Waals surface area contributed by atoms with E-state index >= 15 is 0 Å². The normalized spacial score (nSPS) is 12.3. The van der Waals surface area contributed by atoms with E-state index in [0.717, 1.165) is 19.3 Å². The average molecular weight is 332 g/mol. The smallest absolute Gasteiger partial charge is 0.316 e. The summed E-state index contributed by atoms with van der Waals surface area (Å²) < 4.78 is 1.39. The number of carbonyl (C=O) groups excluding carboxylic acids is 1. The highest BCUT2D eigenvalue weighted by Gasteiger charge is 2.14. The highest BCUT2D eigenvalue weighted by molar-refractivity contribution is 5.97.